The van der Waals surface area contributed by atoms with Crippen molar-refractivity contribution in [2.45, 2.75) is 46.1 Å². The fourth-order valence-electron chi connectivity index (χ4n) is 2.91. The molecule has 0 saturated carbocycles. The SMILES string of the molecule is CC(C)(C)CC(NC(=O)CCc1nc(-c2ccsc2)no1)c1ccc(F)cc1. The molecule has 7 heteroatoms. The van der Waals surface area contributed by atoms with Gasteiger partial charge in [0.1, 0.15) is 5.82 Å². The molecule has 3 aromatic rings. The van der Waals surface area contributed by atoms with E-state index in [4.69, 9.17) is 4.52 Å². The van der Waals surface area contributed by atoms with Crippen molar-refractivity contribution in [3.63, 3.8) is 0 Å². The summed E-state index contributed by atoms with van der Waals surface area (Å²) in [5.41, 5.74) is 1.81. The topological polar surface area (TPSA) is 68.0 Å². The third-order valence-corrected chi connectivity index (χ3v) is 4.92. The molecule has 1 atom stereocenters. The zero-order chi connectivity index (χ0) is 20.1. The maximum atomic E-state index is 13.3. The van der Waals surface area contributed by atoms with Gasteiger partial charge in [-0.15, -0.1) is 0 Å². The van der Waals surface area contributed by atoms with Gasteiger partial charge in [0.2, 0.25) is 17.6 Å². The van der Waals surface area contributed by atoms with Crippen LogP contribution in [0.3, 0.4) is 0 Å². The first-order valence-corrected chi connectivity index (χ1v) is 10.1. The summed E-state index contributed by atoms with van der Waals surface area (Å²) < 4.78 is 18.5. The normalized spacial score (nSPS) is 12.7. The number of benzene rings is 1. The molecule has 0 radical (unpaired) electrons. The summed E-state index contributed by atoms with van der Waals surface area (Å²) in [7, 11) is 0. The van der Waals surface area contributed by atoms with Crippen LogP contribution in [0.15, 0.2) is 45.6 Å². The van der Waals surface area contributed by atoms with E-state index >= 15 is 0 Å². The molecule has 0 fully saturated rings. The van der Waals surface area contributed by atoms with Crippen LogP contribution in [-0.4, -0.2) is 16.0 Å². The minimum atomic E-state index is -0.289. The highest BCUT2D eigenvalue weighted by atomic mass is 32.1. The van der Waals surface area contributed by atoms with Crippen LogP contribution < -0.4 is 5.32 Å². The molecule has 3 rings (SSSR count). The van der Waals surface area contributed by atoms with E-state index in [1.807, 2.05) is 16.8 Å². The predicted octanol–water partition coefficient (Wildman–Crippen LogP) is 5.16. The third-order valence-electron chi connectivity index (χ3n) is 4.24. The Morgan fingerprint density at radius 3 is 2.64 bits per heavy atom. The monoisotopic (exact) mass is 401 g/mol. The molecule has 148 valence electrons. The van der Waals surface area contributed by atoms with Crippen LogP contribution in [0.2, 0.25) is 0 Å². The number of thiophene rings is 1. The molecular weight excluding hydrogens is 377 g/mol. The molecule has 0 saturated heterocycles. The number of nitrogens with one attached hydrogen (secondary N) is 1. The summed E-state index contributed by atoms with van der Waals surface area (Å²) in [6.07, 6.45) is 1.36. The van der Waals surface area contributed by atoms with Crippen molar-refractivity contribution >= 4 is 17.2 Å². The van der Waals surface area contributed by atoms with E-state index < -0.39 is 0 Å². The Bertz CT molecular complexity index is 899. The second-order valence-corrected chi connectivity index (χ2v) is 8.74. The average molecular weight is 402 g/mol. The Balaban J connectivity index is 1.61. The van der Waals surface area contributed by atoms with Crippen molar-refractivity contribution in [3.8, 4) is 11.4 Å². The lowest BCUT2D eigenvalue weighted by molar-refractivity contribution is -0.122. The van der Waals surface area contributed by atoms with E-state index in [9.17, 15) is 9.18 Å². The number of rotatable bonds is 7. The van der Waals surface area contributed by atoms with Gasteiger partial charge in [0.05, 0.1) is 6.04 Å². The fraction of sp³-hybridized carbons (Fsp3) is 0.381. The molecular formula is C21H24FN3O2S. The maximum absolute atomic E-state index is 13.3. The largest absolute Gasteiger partial charge is 0.349 e. The molecule has 0 spiro atoms. The number of hydrogen-bond donors (Lipinski definition) is 1. The summed E-state index contributed by atoms with van der Waals surface area (Å²) in [6.45, 7) is 6.33. The lowest BCUT2D eigenvalue weighted by Crippen LogP contribution is -2.31. The number of amides is 1. The van der Waals surface area contributed by atoms with Gasteiger partial charge in [-0.05, 0) is 41.0 Å². The summed E-state index contributed by atoms with van der Waals surface area (Å²) in [4.78, 5) is 16.9. The van der Waals surface area contributed by atoms with Crippen LogP contribution in [0.4, 0.5) is 4.39 Å². The second-order valence-electron chi connectivity index (χ2n) is 7.96. The predicted molar refractivity (Wildman–Crippen MR) is 107 cm³/mol. The maximum Gasteiger partial charge on any atom is 0.227 e. The molecule has 28 heavy (non-hydrogen) atoms. The van der Waals surface area contributed by atoms with Crippen molar-refractivity contribution in [1.29, 1.82) is 0 Å². The Morgan fingerprint density at radius 2 is 2.00 bits per heavy atom. The first kappa shape index (κ1) is 20.2. The molecule has 1 aromatic carbocycles. The number of nitrogens with zero attached hydrogens (tertiary/aromatic N) is 2. The van der Waals surface area contributed by atoms with Gasteiger partial charge in [-0.25, -0.2) is 4.39 Å². The van der Waals surface area contributed by atoms with Gasteiger partial charge < -0.3 is 9.84 Å². The van der Waals surface area contributed by atoms with E-state index in [1.165, 1.54) is 12.1 Å². The van der Waals surface area contributed by atoms with Gasteiger partial charge in [0, 0.05) is 23.8 Å². The van der Waals surface area contributed by atoms with Crippen LogP contribution in [-0.2, 0) is 11.2 Å². The summed E-state index contributed by atoms with van der Waals surface area (Å²) >= 11 is 1.56. The molecule has 2 heterocycles. The third kappa shape index (κ3) is 5.73. The van der Waals surface area contributed by atoms with Gasteiger partial charge in [-0.3, -0.25) is 4.79 Å². The number of carbonyl (C=O) groups excluding carboxylic acids is 1. The van der Waals surface area contributed by atoms with E-state index in [2.05, 4.69) is 36.2 Å². The van der Waals surface area contributed by atoms with E-state index in [0.717, 1.165) is 17.5 Å². The highest BCUT2D eigenvalue weighted by Crippen LogP contribution is 2.29. The minimum absolute atomic E-state index is 0.00819. The Hall–Kier alpha value is -2.54. The quantitative estimate of drug-likeness (QED) is 0.593. The second kappa shape index (κ2) is 8.65. The molecule has 2 aromatic heterocycles. The van der Waals surface area contributed by atoms with Crippen molar-refractivity contribution in [2.24, 2.45) is 5.41 Å². The number of aryl methyl sites for hydroxylation is 1. The molecule has 0 aliphatic heterocycles. The van der Waals surface area contributed by atoms with Crippen molar-refractivity contribution < 1.29 is 13.7 Å². The molecule has 1 unspecified atom stereocenters. The Labute approximate surface area is 168 Å². The highest BCUT2D eigenvalue weighted by Gasteiger charge is 2.22. The molecule has 1 amide bonds. The fourth-order valence-corrected chi connectivity index (χ4v) is 3.55. The van der Waals surface area contributed by atoms with E-state index in [0.29, 0.717) is 18.1 Å². The van der Waals surface area contributed by atoms with Crippen LogP contribution >= 0.6 is 11.3 Å². The molecule has 5 nitrogen and oxygen atoms in total. The van der Waals surface area contributed by atoms with Gasteiger partial charge in [0.15, 0.2) is 0 Å². The lowest BCUT2D eigenvalue weighted by Gasteiger charge is -2.27. The van der Waals surface area contributed by atoms with Gasteiger partial charge in [-0.1, -0.05) is 38.1 Å². The number of hydrogen-bond acceptors (Lipinski definition) is 5. The van der Waals surface area contributed by atoms with Crippen LogP contribution in [0.25, 0.3) is 11.4 Å². The molecule has 0 aliphatic carbocycles. The number of carbonyl (C=O) groups is 1. The Kier molecular flexibility index (Phi) is 6.24. The smallest absolute Gasteiger partial charge is 0.227 e. The molecule has 0 aliphatic rings. The van der Waals surface area contributed by atoms with Crippen LogP contribution in [0, 0.1) is 11.2 Å². The Morgan fingerprint density at radius 1 is 1.25 bits per heavy atom. The molecule has 0 bridgehead atoms. The van der Waals surface area contributed by atoms with E-state index in [-0.39, 0.29) is 29.6 Å². The first-order valence-electron chi connectivity index (χ1n) is 9.20. The summed E-state index contributed by atoms with van der Waals surface area (Å²) in [5, 5.41) is 10.9. The average Bonchev–Trinajstić information content (AvgIpc) is 3.30. The number of aromatic nitrogens is 2. The van der Waals surface area contributed by atoms with Gasteiger partial charge >= 0.3 is 0 Å². The van der Waals surface area contributed by atoms with Crippen molar-refractivity contribution in [2.75, 3.05) is 0 Å². The zero-order valence-corrected chi connectivity index (χ0v) is 17.1. The minimum Gasteiger partial charge on any atom is -0.349 e. The zero-order valence-electron chi connectivity index (χ0n) is 16.2. The van der Waals surface area contributed by atoms with E-state index in [1.54, 1.807) is 23.5 Å². The number of halogens is 1. The van der Waals surface area contributed by atoms with Crippen LogP contribution in [0.5, 0.6) is 0 Å². The van der Waals surface area contributed by atoms with Crippen LogP contribution in [0.1, 0.15) is 51.1 Å². The van der Waals surface area contributed by atoms with Crippen molar-refractivity contribution in [1.82, 2.24) is 15.5 Å². The summed E-state index contributed by atoms with van der Waals surface area (Å²) in [5.74, 6) is 0.579. The van der Waals surface area contributed by atoms with Gasteiger partial charge in [-0.2, -0.15) is 16.3 Å². The lowest BCUT2D eigenvalue weighted by atomic mass is 9.85. The highest BCUT2D eigenvalue weighted by molar-refractivity contribution is 7.08. The first-order chi connectivity index (χ1) is 13.3. The van der Waals surface area contributed by atoms with Gasteiger partial charge in [0.25, 0.3) is 0 Å². The standard InChI is InChI=1S/C21H24FN3O2S/c1-21(2,3)12-17(14-4-6-16(22)7-5-14)23-18(26)8-9-19-24-20(25-27-19)15-10-11-28-13-15/h4-7,10-11,13,17H,8-9,12H2,1-3H3,(H,23,26). The molecule has 1 N–H and O–H groups in total. The van der Waals surface area contributed by atoms with Crippen molar-refractivity contribution in [3.05, 3.63) is 58.4 Å². The summed E-state index contributed by atoms with van der Waals surface area (Å²) in [6, 6.07) is 8.01.